The topological polar surface area (TPSA) is 18.1 Å². The summed E-state index contributed by atoms with van der Waals surface area (Å²) in [6.07, 6.45) is 1.77. The van der Waals surface area contributed by atoms with Crippen molar-refractivity contribution in [2.45, 2.75) is 0 Å². The van der Waals surface area contributed by atoms with Gasteiger partial charge in [0.2, 0.25) is 0 Å². The van der Waals surface area contributed by atoms with Gasteiger partial charge in [-0.3, -0.25) is 0 Å². The lowest BCUT2D eigenvalue weighted by Crippen LogP contribution is -1.93. The van der Waals surface area contributed by atoms with E-state index >= 15 is 0 Å². The predicted octanol–water partition coefficient (Wildman–Crippen LogP) is 7.20. The average molecular weight is 359 g/mol. The SMILES string of the molecule is c1ccc(-c2ccc(-n3c4ccccc4c4c5ccoc5ccc43)cc2)cc1. The first-order chi connectivity index (χ1) is 13.9. The Morgan fingerprint density at radius 1 is 0.536 bits per heavy atom. The lowest BCUT2D eigenvalue weighted by Gasteiger charge is -2.09. The summed E-state index contributed by atoms with van der Waals surface area (Å²) in [6.45, 7) is 0. The van der Waals surface area contributed by atoms with Crippen LogP contribution in [-0.2, 0) is 0 Å². The molecule has 2 aromatic heterocycles. The van der Waals surface area contributed by atoms with Crippen molar-refractivity contribution < 1.29 is 4.42 Å². The number of fused-ring (bicyclic) bond motifs is 5. The molecular formula is C26H17NO. The molecule has 0 bridgehead atoms. The van der Waals surface area contributed by atoms with Gasteiger partial charge < -0.3 is 8.98 Å². The molecule has 0 saturated carbocycles. The van der Waals surface area contributed by atoms with Crippen LogP contribution in [0.15, 0.2) is 108 Å². The minimum atomic E-state index is 0.926. The number of hydrogen-bond donors (Lipinski definition) is 0. The van der Waals surface area contributed by atoms with E-state index < -0.39 is 0 Å². The standard InChI is InChI=1S/C26H17NO/c1-2-6-18(7-3-1)19-10-12-20(13-11-19)27-23-9-5-4-8-21(23)26-22-16-17-28-25(22)15-14-24(26)27/h1-17H. The van der Waals surface area contributed by atoms with Crippen LogP contribution in [0.3, 0.4) is 0 Å². The van der Waals surface area contributed by atoms with E-state index in [1.54, 1.807) is 6.26 Å². The molecule has 6 aromatic rings. The van der Waals surface area contributed by atoms with E-state index in [0.29, 0.717) is 0 Å². The van der Waals surface area contributed by atoms with Crippen LogP contribution in [0.5, 0.6) is 0 Å². The fourth-order valence-corrected chi connectivity index (χ4v) is 4.22. The quantitative estimate of drug-likeness (QED) is 0.320. The minimum Gasteiger partial charge on any atom is -0.464 e. The minimum absolute atomic E-state index is 0.926. The van der Waals surface area contributed by atoms with Gasteiger partial charge >= 0.3 is 0 Å². The van der Waals surface area contributed by atoms with E-state index in [1.165, 1.54) is 32.9 Å². The van der Waals surface area contributed by atoms with Crippen LogP contribution in [0, 0.1) is 0 Å². The molecule has 0 aliphatic rings. The molecule has 2 nitrogen and oxygen atoms in total. The van der Waals surface area contributed by atoms with Crippen molar-refractivity contribution in [2.24, 2.45) is 0 Å². The predicted molar refractivity (Wildman–Crippen MR) is 116 cm³/mol. The summed E-state index contributed by atoms with van der Waals surface area (Å²) in [7, 11) is 0. The fraction of sp³-hybridized carbons (Fsp3) is 0. The zero-order valence-corrected chi connectivity index (χ0v) is 15.2. The van der Waals surface area contributed by atoms with Crippen LogP contribution >= 0.6 is 0 Å². The Hall–Kier alpha value is -3.78. The molecule has 4 aromatic carbocycles. The second-order valence-corrected chi connectivity index (χ2v) is 7.06. The molecule has 0 saturated heterocycles. The lowest BCUT2D eigenvalue weighted by molar-refractivity contribution is 0.616. The molecule has 0 aliphatic heterocycles. The molecule has 0 amide bonds. The zero-order valence-electron chi connectivity index (χ0n) is 15.2. The van der Waals surface area contributed by atoms with Crippen molar-refractivity contribution in [1.82, 2.24) is 4.57 Å². The first-order valence-corrected chi connectivity index (χ1v) is 9.45. The second-order valence-electron chi connectivity index (χ2n) is 7.06. The van der Waals surface area contributed by atoms with E-state index in [2.05, 4.69) is 95.6 Å². The third kappa shape index (κ3) is 2.15. The van der Waals surface area contributed by atoms with Gasteiger partial charge in [0, 0.05) is 21.8 Å². The first-order valence-electron chi connectivity index (χ1n) is 9.45. The van der Waals surface area contributed by atoms with Crippen LogP contribution < -0.4 is 0 Å². The van der Waals surface area contributed by atoms with Gasteiger partial charge in [0.1, 0.15) is 5.58 Å². The lowest BCUT2D eigenvalue weighted by atomic mass is 10.1. The molecule has 2 heteroatoms. The monoisotopic (exact) mass is 359 g/mol. The Morgan fingerprint density at radius 2 is 1.29 bits per heavy atom. The first kappa shape index (κ1) is 15.3. The maximum atomic E-state index is 5.65. The number of aromatic nitrogens is 1. The Morgan fingerprint density at radius 3 is 2.14 bits per heavy atom. The van der Waals surface area contributed by atoms with Gasteiger partial charge in [-0.15, -0.1) is 0 Å². The van der Waals surface area contributed by atoms with Crippen molar-refractivity contribution in [2.75, 3.05) is 0 Å². The highest BCUT2D eigenvalue weighted by molar-refractivity contribution is 6.20. The molecule has 0 unspecified atom stereocenters. The molecule has 0 N–H and O–H groups in total. The summed E-state index contributed by atoms with van der Waals surface area (Å²) >= 11 is 0. The van der Waals surface area contributed by atoms with E-state index in [-0.39, 0.29) is 0 Å². The molecule has 0 spiro atoms. The van der Waals surface area contributed by atoms with E-state index in [4.69, 9.17) is 4.42 Å². The highest BCUT2D eigenvalue weighted by atomic mass is 16.3. The smallest absolute Gasteiger partial charge is 0.134 e. The van der Waals surface area contributed by atoms with Gasteiger partial charge in [-0.25, -0.2) is 0 Å². The van der Waals surface area contributed by atoms with Crippen LogP contribution in [0.1, 0.15) is 0 Å². The van der Waals surface area contributed by atoms with Gasteiger partial charge in [0.05, 0.1) is 17.3 Å². The number of nitrogens with zero attached hydrogens (tertiary/aromatic N) is 1. The van der Waals surface area contributed by atoms with Gasteiger partial charge in [-0.2, -0.15) is 0 Å². The summed E-state index contributed by atoms with van der Waals surface area (Å²) in [5, 5.41) is 3.65. The van der Waals surface area contributed by atoms with E-state index in [1.807, 2.05) is 6.07 Å². The molecule has 6 rings (SSSR count). The summed E-state index contributed by atoms with van der Waals surface area (Å²) in [6, 6.07) is 34.1. The molecule has 0 fully saturated rings. The Balaban J connectivity index is 1.63. The number of rotatable bonds is 2. The largest absolute Gasteiger partial charge is 0.464 e. The van der Waals surface area contributed by atoms with Crippen molar-refractivity contribution in [3.05, 3.63) is 103 Å². The normalized spacial score (nSPS) is 11.6. The zero-order chi connectivity index (χ0) is 18.5. The highest BCUT2D eigenvalue weighted by Crippen LogP contribution is 2.37. The van der Waals surface area contributed by atoms with E-state index in [9.17, 15) is 0 Å². The molecule has 132 valence electrons. The van der Waals surface area contributed by atoms with Crippen molar-refractivity contribution >= 4 is 32.8 Å². The molecule has 0 aliphatic carbocycles. The Kier molecular flexibility index (Phi) is 3.20. The number of benzene rings is 4. The highest BCUT2D eigenvalue weighted by Gasteiger charge is 2.15. The maximum Gasteiger partial charge on any atom is 0.134 e. The van der Waals surface area contributed by atoms with Gasteiger partial charge in [-0.05, 0) is 47.5 Å². The third-order valence-electron chi connectivity index (χ3n) is 5.50. The van der Waals surface area contributed by atoms with Crippen molar-refractivity contribution in [3.63, 3.8) is 0 Å². The number of hydrogen-bond acceptors (Lipinski definition) is 1. The average Bonchev–Trinajstić information content (AvgIpc) is 3.36. The fourth-order valence-electron chi connectivity index (χ4n) is 4.22. The number of para-hydroxylation sites is 1. The van der Waals surface area contributed by atoms with E-state index in [0.717, 1.165) is 16.7 Å². The maximum absolute atomic E-state index is 5.65. The van der Waals surface area contributed by atoms with Crippen molar-refractivity contribution in [3.8, 4) is 16.8 Å². The Bertz CT molecular complexity index is 1440. The molecule has 2 heterocycles. The summed E-state index contributed by atoms with van der Waals surface area (Å²) < 4.78 is 7.98. The van der Waals surface area contributed by atoms with Crippen LogP contribution in [0.25, 0.3) is 49.6 Å². The van der Waals surface area contributed by atoms with Crippen LogP contribution in [-0.4, -0.2) is 4.57 Å². The van der Waals surface area contributed by atoms with Gasteiger partial charge in [-0.1, -0.05) is 60.7 Å². The summed E-state index contributed by atoms with van der Waals surface area (Å²) in [5.74, 6) is 0. The van der Waals surface area contributed by atoms with Crippen LogP contribution in [0.4, 0.5) is 0 Å². The summed E-state index contributed by atoms with van der Waals surface area (Å²) in [4.78, 5) is 0. The molecule has 0 radical (unpaired) electrons. The third-order valence-corrected chi connectivity index (χ3v) is 5.50. The van der Waals surface area contributed by atoms with Gasteiger partial charge in [0.15, 0.2) is 0 Å². The van der Waals surface area contributed by atoms with Crippen molar-refractivity contribution in [1.29, 1.82) is 0 Å². The van der Waals surface area contributed by atoms with Gasteiger partial charge in [0.25, 0.3) is 0 Å². The Labute approximate surface area is 162 Å². The molecular weight excluding hydrogens is 342 g/mol. The molecule has 28 heavy (non-hydrogen) atoms. The second kappa shape index (κ2) is 5.86. The molecule has 0 atom stereocenters. The number of furan rings is 1. The summed E-state index contributed by atoms with van der Waals surface area (Å²) in [5.41, 5.74) is 6.95. The van der Waals surface area contributed by atoms with Crippen LogP contribution in [0.2, 0.25) is 0 Å².